The predicted octanol–water partition coefficient (Wildman–Crippen LogP) is 2.31. The van der Waals surface area contributed by atoms with Gasteiger partial charge >= 0.3 is 4.87 Å². The van der Waals surface area contributed by atoms with Gasteiger partial charge in [0.25, 0.3) is 15.9 Å². The number of aromatic nitrogens is 1. The van der Waals surface area contributed by atoms with Crippen molar-refractivity contribution in [3.8, 4) is 0 Å². The lowest BCUT2D eigenvalue weighted by Crippen LogP contribution is -2.32. The monoisotopic (exact) mass is 447 g/mol. The van der Waals surface area contributed by atoms with E-state index < -0.39 is 10.0 Å². The van der Waals surface area contributed by atoms with E-state index in [1.165, 1.54) is 22.8 Å². The van der Waals surface area contributed by atoms with Gasteiger partial charge in [-0.3, -0.25) is 14.3 Å². The predicted molar refractivity (Wildman–Crippen MR) is 116 cm³/mol. The summed E-state index contributed by atoms with van der Waals surface area (Å²) < 4.78 is 35.9. The van der Waals surface area contributed by atoms with Gasteiger partial charge in [0.05, 0.1) is 32.5 Å². The van der Waals surface area contributed by atoms with Crippen LogP contribution in [0.5, 0.6) is 0 Å². The Morgan fingerprint density at radius 1 is 1.27 bits per heavy atom. The van der Waals surface area contributed by atoms with Crippen LogP contribution in [0.3, 0.4) is 0 Å². The maximum atomic E-state index is 12.9. The van der Waals surface area contributed by atoms with Crippen LogP contribution in [0.15, 0.2) is 52.2 Å². The highest BCUT2D eigenvalue weighted by Gasteiger charge is 2.21. The molecule has 10 heteroatoms. The fourth-order valence-electron chi connectivity index (χ4n) is 3.36. The van der Waals surface area contributed by atoms with E-state index in [1.807, 2.05) is 0 Å². The largest absolute Gasteiger partial charge is 0.376 e. The standard InChI is InChI=1S/C20H21N3O5S2/c1-23-17-9-8-14(11-18(17)29-20(23)25)30(26,27)22-16-7-3-2-6-15(16)19(24)21-12-13-5-4-10-28-13/h2-3,6-9,11,13,22H,4-5,10,12H2,1H3,(H,21,24). The van der Waals surface area contributed by atoms with E-state index in [1.54, 1.807) is 31.3 Å². The number of nitrogens with zero attached hydrogens (tertiary/aromatic N) is 1. The number of amides is 1. The Balaban J connectivity index is 1.57. The lowest BCUT2D eigenvalue weighted by atomic mass is 10.1. The average molecular weight is 448 g/mol. The van der Waals surface area contributed by atoms with Crippen LogP contribution < -0.4 is 14.9 Å². The number of fused-ring (bicyclic) bond motifs is 1. The first-order chi connectivity index (χ1) is 14.3. The van der Waals surface area contributed by atoms with Crippen molar-refractivity contribution < 1.29 is 17.9 Å². The zero-order chi connectivity index (χ0) is 21.3. The van der Waals surface area contributed by atoms with Crippen LogP contribution in [0.4, 0.5) is 5.69 Å². The Hall–Kier alpha value is -2.69. The van der Waals surface area contributed by atoms with Crippen molar-refractivity contribution in [1.82, 2.24) is 9.88 Å². The zero-order valence-corrected chi connectivity index (χ0v) is 17.9. The molecule has 3 aromatic rings. The molecule has 1 unspecified atom stereocenters. The van der Waals surface area contributed by atoms with Crippen LogP contribution in [0.25, 0.3) is 10.2 Å². The molecular weight excluding hydrogens is 426 g/mol. The Morgan fingerprint density at radius 2 is 2.07 bits per heavy atom. The fourth-order valence-corrected chi connectivity index (χ4v) is 5.46. The number of ether oxygens (including phenoxy) is 1. The van der Waals surface area contributed by atoms with Gasteiger partial charge in [-0.2, -0.15) is 0 Å². The minimum atomic E-state index is -3.95. The number of rotatable bonds is 6. The first kappa shape index (κ1) is 20.6. The summed E-state index contributed by atoms with van der Waals surface area (Å²) >= 11 is 0.981. The van der Waals surface area contributed by atoms with E-state index in [0.717, 1.165) is 24.2 Å². The van der Waals surface area contributed by atoms with Crippen molar-refractivity contribution in [2.45, 2.75) is 23.8 Å². The summed E-state index contributed by atoms with van der Waals surface area (Å²) in [6, 6.07) is 10.9. The minimum Gasteiger partial charge on any atom is -0.376 e. The number of nitrogens with one attached hydrogen (secondary N) is 2. The maximum Gasteiger partial charge on any atom is 0.307 e. The number of benzene rings is 2. The summed E-state index contributed by atoms with van der Waals surface area (Å²) in [7, 11) is -2.32. The van der Waals surface area contributed by atoms with Gasteiger partial charge in [-0.1, -0.05) is 23.5 Å². The first-order valence-corrected chi connectivity index (χ1v) is 11.8. The molecule has 2 N–H and O–H groups in total. The summed E-state index contributed by atoms with van der Waals surface area (Å²) in [5, 5.41) is 2.81. The molecule has 2 aromatic carbocycles. The van der Waals surface area contributed by atoms with Crippen molar-refractivity contribution in [3.05, 3.63) is 57.7 Å². The molecule has 8 nitrogen and oxygen atoms in total. The van der Waals surface area contributed by atoms with Crippen LogP contribution >= 0.6 is 11.3 Å². The van der Waals surface area contributed by atoms with Crippen molar-refractivity contribution in [2.24, 2.45) is 7.05 Å². The Morgan fingerprint density at radius 3 is 2.83 bits per heavy atom. The Kier molecular flexibility index (Phi) is 5.63. The van der Waals surface area contributed by atoms with Gasteiger partial charge in [-0.05, 0) is 43.2 Å². The van der Waals surface area contributed by atoms with E-state index in [4.69, 9.17) is 4.74 Å². The first-order valence-electron chi connectivity index (χ1n) is 9.46. The van der Waals surface area contributed by atoms with Crippen LogP contribution in [-0.4, -0.2) is 38.1 Å². The molecule has 0 radical (unpaired) electrons. The third kappa shape index (κ3) is 4.11. The molecule has 1 fully saturated rings. The van der Waals surface area contributed by atoms with Gasteiger partial charge in [0.2, 0.25) is 0 Å². The molecule has 4 rings (SSSR count). The molecule has 1 saturated heterocycles. The van der Waals surface area contributed by atoms with Crippen molar-refractivity contribution >= 4 is 43.2 Å². The van der Waals surface area contributed by atoms with E-state index in [0.29, 0.717) is 23.4 Å². The molecule has 30 heavy (non-hydrogen) atoms. The normalized spacial score (nSPS) is 16.6. The topological polar surface area (TPSA) is 107 Å². The van der Waals surface area contributed by atoms with Crippen molar-refractivity contribution in [3.63, 3.8) is 0 Å². The summed E-state index contributed by atoms with van der Waals surface area (Å²) in [6.07, 6.45) is 1.85. The molecule has 1 aromatic heterocycles. The highest BCUT2D eigenvalue weighted by molar-refractivity contribution is 7.92. The number of sulfonamides is 1. The van der Waals surface area contributed by atoms with Crippen molar-refractivity contribution in [2.75, 3.05) is 17.9 Å². The van der Waals surface area contributed by atoms with Gasteiger partial charge in [-0.25, -0.2) is 8.42 Å². The van der Waals surface area contributed by atoms with Crippen molar-refractivity contribution in [1.29, 1.82) is 0 Å². The molecule has 1 aliphatic rings. The number of anilines is 1. The molecule has 0 spiro atoms. The fraction of sp³-hybridized carbons (Fsp3) is 0.300. The average Bonchev–Trinajstić information content (AvgIpc) is 3.34. The highest BCUT2D eigenvalue weighted by atomic mass is 32.2. The van der Waals surface area contributed by atoms with E-state index >= 15 is 0 Å². The summed E-state index contributed by atoms with van der Waals surface area (Å²) in [4.78, 5) is 24.3. The molecule has 1 atom stereocenters. The number of hydrogen-bond acceptors (Lipinski definition) is 6. The highest BCUT2D eigenvalue weighted by Crippen LogP contribution is 2.24. The Bertz CT molecular complexity index is 1260. The second-order valence-corrected chi connectivity index (χ2v) is 9.73. The molecule has 1 amide bonds. The number of carbonyl (C=O) groups is 1. The molecule has 0 saturated carbocycles. The number of para-hydroxylation sites is 1. The lowest BCUT2D eigenvalue weighted by Gasteiger charge is -2.14. The van der Waals surface area contributed by atoms with Gasteiger partial charge < -0.3 is 14.6 Å². The molecule has 0 aliphatic carbocycles. The third-order valence-electron chi connectivity index (χ3n) is 5.00. The quantitative estimate of drug-likeness (QED) is 0.603. The van der Waals surface area contributed by atoms with E-state index in [9.17, 15) is 18.0 Å². The molecule has 158 valence electrons. The van der Waals surface area contributed by atoms with E-state index in [2.05, 4.69) is 10.0 Å². The number of thiazole rings is 1. The summed E-state index contributed by atoms with van der Waals surface area (Å²) in [5.74, 6) is -0.375. The maximum absolute atomic E-state index is 12.9. The van der Waals surface area contributed by atoms with Gasteiger partial charge in [0.15, 0.2) is 0 Å². The number of hydrogen-bond donors (Lipinski definition) is 2. The second-order valence-electron chi connectivity index (χ2n) is 7.05. The summed E-state index contributed by atoms with van der Waals surface area (Å²) in [5.41, 5.74) is 1.08. The zero-order valence-electron chi connectivity index (χ0n) is 16.3. The van der Waals surface area contributed by atoms with Crippen LogP contribution in [-0.2, 0) is 21.8 Å². The van der Waals surface area contributed by atoms with Gasteiger partial charge in [0, 0.05) is 20.2 Å². The molecule has 2 heterocycles. The lowest BCUT2D eigenvalue weighted by molar-refractivity contribution is 0.0858. The third-order valence-corrected chi connectivity index (χ3v) is 7.36. The second kappa shape index (κ2) is 8.21. The Labute approximate surface area is 177 Å². The SMILES string of the molecule is Cn1c(=O)sc2cc(S(=O)(=O)Nc3ccccc3C(=O)NCC3CCCO3)ccc21. The molecule has 1 aliphatic heterocycles. The number of carbonyl (C=O) groups excluding carboxylic acids is 1. The van der Waals surface area contributed by atoms with Gasteiger partial charge in [-0.15, -0.1) is 0 Å². The molecule has 0 bridgehead atoms. The van der Waals surface area contributed by atoms with Crippen LogP contribution in [0.2, 0.25) is 0 Å². The van der Waals surface area contributed by atoms with Crippen LogP contribution in [0, 0.1) is 0 Å². The number of aryl methyl sites for hydroxylation is 1. The minimum absolute atomic E-state index is 0.0115. The van der Waals surface area contributed by atoms with Crippen LogP contribution in [0.1, 0.15) is 23.2 Å². The van der Waals surface area contributed by atoms with E-state index in [-0.39, 0.29) is 33.0 Å². The molecular formula is C20H21N3O5S2. The van der Waals surface area contributed by atoms with Gasteiger partial charge in [0.1, 0.15) is 0 Å². The summed E-state index contributed by atoms with van der Waals surface area (Å²) in [6.45, 7) is 1.07. The smallest absolute Gasteiger partial charge is 0.307 e.